The highest BCUT2D eigenvalue weighted by molar-refractivity contribution is 5.92. The lowest BCUT2D eigenvalue weighted by atomic mass is 9.97. The predicted molar refractivity (Wildman–Crippen MR) is 51.9 cm³/mol. The second kappa shape index (κ2) is 3.90. The number of amides is 1. The van der Waals surface area contributed by atoms with E-state index in [-0.39, 0.29) is 0 Å². The van der Waals surface area contributed by atoms with Gasteiger partial charge in [0.1, 0.15) is 0 Å². The molecule has 0 aliphatic carbocycles. The summed E-state index contributed by atoms with van der Waals surface area (Å²) in [5, 5.41) is 0. The van der Waals surface area contributed by atoms with E-state index < -0.39 is 0 Å². The van der Waals surface area contributed by atoms with E-state index in [1.54, 1.807) is 0 Å². The van der Waals surface area contributed by atoms with Crippen molar-refractivity contribution in [3.63, 3.8) is 0 Å². The number of carbonyl (C=O) groups is 1. The summed E-state index contributed by atoms with van der Waals surface area (Å²) in [6, 6.07) is 0.341. The zero-order chi connectivity index (χ0) is 9.10. The number of likely N-dealkylation sites (tertiary alicyclic amines) is 1. The van der Waals surface area contributed by atoms with Crippen molar-refractivity contribution in [1.82, 2.24) is 4.90 Å². The number of carbonyl (C=O) groups excluding carboxylic acids is 1. The molecular weight excluding hydrogens is 164 g/mol. The number of hydrogen-bond donors (Lipinski definition) is 0. The zero-order valence-electron chi connectivity index (χ0n) is 7.91. The normalized spacial score (nSPS) is 28.8. The summed E-state index contributed by atoms with van der Waals surface area (Å²) < 4.78 is 0. The summed E-state index contributed by atoms with van der Waals surface area (Å²) in [5.41, 5.74) is 1.27. The molecule has 1 saturated heterocycles. The second-order valence-corrected chi connectivity index (χ2v) is 3.83. The van der Waals surface area contributed by atoms with Gasteiger partial charge >= 0.3 is 0 Å². The fourth-order valence-electron chi connectivity index (χ4n) is 2.27. The molecule has 13 heavy (non-hydrogen) atoms. The first-order valence-corrected chi connectivity index (χ1v) is 5.16. The summed E-state index contributed by atoms with van der Waals surface area (Å²) >= 11 is 0. The van der Waals surface area contributed by atoms with Crippen molar-refractivity contribution in [2.45, 2.75) is 38.1 Å². The van der Waals surface area contributed by atoms with Crippen LogP contribution in [0.2, 0.25) is 0 Å². The fourth-order valence-corrected chi connectivity index (χ4v) is 2.27. The van der Waals surface area contributed by atoms with Crippen LogP contribution in [0.4, 0.5) is 0 Å². The quantitative estimate of drug-likeness (QED) is 0.588. The topological polar surface area (TPSA) is 32.7 Å². The van der Waals surface area contributed by atoms with Crippen LogP contribution in [0.5, 0.6) is 0 Å². The third kappa shape index (κ3) is 1.74. The van der Waals surface area contributed by atoms with E-state index in [4.69, 9.17) is 0 Å². The van der Waals surface area contributed by atoms with Crippen LogP contribution in [0.15, 0.2) is 4.99 Å². The smallest absolute Gasteiger partial charge is 0.210 e. The minimum Gasteiger partial charge on any atom is -0.337 e. The molecule has 1 amide bonds. The van der Waals surface area contributed by atoms with Crippen molar-refractivity contribution in [1.29, 1.82) is 0 Å². The lowest BCUT2D eigenvalue weighted by molar-refractivity contribution is -0.120. The number of nitrogens with zero attached hydrogens (tertiary/aromatic N) is 2. The van der Waals surface area contributed by atoms with Crippen LogP contribution in [-0.4, -0.2) is 36.2 Å². The Hall–Kier alpha value is -0.860. The van der Waals surface area contributed by atoms with Gasteiger partial charge in [-0.1, -0.05) is 0 Å². The van der Waals surface area contributed by atoms with Crippen molar-refractivity contribution in [2.24, 2.45) is 4.99 Å². The largest absolute Gasteiger partial charge is 0.337 e. The third-order valence-corrected chi connectivity index (χ3v) is 2.97. The van der Waals surface area contributed by atoms with Crippen molar-refractivity contribution in [2.75, 3.05) is 13.1 Å². The predicted octanol–water partition coefficient (Wildman–Crippen LogP) is 1.23. The van der Waals surface area contributed by atoms with Gasteiger partial charge in [-0.25, -0.2) is 0 Å². The molecule has 0 spiro atoms. The molecule has 2 heterocycles. The molecule has 3 heteroatoms. The molecule has 1 atom stereocenters. The molecule has 0 aromatic carbocycles. The van der Waals surface area contributed by atoms with E-state index in [1.807, 2.05) is 4.90 Å². The van der Waals surface area contributed by atoms with Gasteiger partial charge in [-0.05, 0) is 32.1 Å². The Labute approximate surface area is 78.8 Å². The molecule has 0 radical (unpaired) electrons. The van der Waals surface area contributed by atoms with Gasteiger partial charge in [0, 0.05) is 18.8 Å². The molecule has 3 nitrogen and oxygen atoms in total. The summed E-state index contributed by atoms with van der Waals surface area (Å²) in [5.74, 6) is 0. The lowest BCUT2D eigenvalue weighted by Crippen LogP contribution is -2.43. The first-order valence-electron chi connectivity index (χ1n) is 5.16. The molecule has 2 aliphatic heterocycles. The lowest BCUT2D eigenvalue weighted by Gasteiger charge is -2.32. The Balaban J connectivity index is 2.05. The zero-order valence-corrected chi connectivity index (χ0v) is 7.91. The van der Waals surface area contributed by atoms with Crippen molar-refractivity contribution in [3.8, 4) is 0 Å². The van der Waals surface area contributed by atoms with Crippen LogP contribution in [0, 0.1) is 0 Å². The highest BCUT2D eigenvalue weighted by Gasteiger charge is 2.26. The molecule has 72 valence electrons. The maximum Gasteiger partial charge on any atom is 0.210 e. The Morgan fingerprint density at radius 1 is 1.38 bits per heavy atom. The number of aliphatic imine (C=N–C) groups is 1. The maximum absolute atomic E-state index is 10.8. The first-order chi connectivity index (χ1) is 6.42. The highest BCUT2D eigenvalue weighted by Crippen LogP contribution is 2.21. The molecule has 2 rings (SSSR count). The molecule has 2 aliphatic rings. The Kier molecular flexibility index (Phi) is 2.62. The van der Waals surface area contributed by atoms with E-state index >= 15 is 0 Å². The van der Waals surface area contributed by atoms with Gasteiger partial charge in [-0.3, -0.25) is 9.79 Å². The van der Waals surface area contributed by atoms with Gasteiger partial charge in [0.25, 0.3) is 0 Å². The molecule has 0 aromatic heterocycles. The third-order valence-electron chi connectivity index (χ3n) is 2.97. The standard InChI is InChI=1S/C10H16N2O/c13-8-12-7-2-1-5-10(12)9-4-3-6-11-9/h8,10H,1-7H2. The maximum atomic E-state index is 10.8. The fraction of sp³-hybridized carbons (Fsp3) is 0.800. The molecular formula is C10H16N2O. The molecule has 0 saturated carbocycles. The van der Waals surface area contributed by atoms with E-state index in [0.29, 0.717) is 6.04 Å². The molecule has 0 aromatic rings. The van der Waals surface area contributed by atoms with Crippen LogP contribution < -0.4 is 0 Å². The molecule has 0 bridgehead atoms. The van der Waals surface area contributed by atoms with Gasteiger partial charge in [-0.15, -0.1) is 0 Å². The van der Waals surface area contributed by atoms with Crippen LogP contribution in [0.25, 0.3) is 0 Å². The average molecular weight is 180 g/mol. The highest BCUT2D eigenvalue weighted by atomic mass is 16.1. The minimum atomic E-state index is 0.341. The van der Waals surface area contributed by atoms with E-state index in [0.717, 1.165) is 38.8 Å². The molecule has 1 unspecified atom stereocenters. The molecule has 0 N–H and O–H groups in total. The Bertz CT molecular complexity index is 225. The number of hydrogen-bond acceptors (Lipinski definition) is 2. The van der Waals surface area contributed by atoms with Gasteiger partial charge in [0.2, 0.25) is 6.41 Å². The summed E-state index contributed by atoms with van der Waals surface area (Å²) in [7, 11) is 0. The van der Waals surface area contributed by atoms with Crippen LogP contribution in [0.1, 0.15) is 32.1 Å². The summed E-state index contributed by atoms with van der Waals surface area (Å²) in [4.78, 5) is 17.2. The number of piperidine rings is 1. The van der Waals surface area contributed by atoms with Crippen molar-refractivity contribution < 1.29 is 4.79 Å². The van der Waals surface area contributed by atoms with Crippen LogP contribution in [-0.2, 0) is 4.79 Å². The Morgan fingerprint density at radius 2 is 2.31 bits per heavy atom. The minimum absolute atomic E-state index is 0.341. The second-order valence-electron chi connectivity index (χ2n) is 3.83. The molecule has 1 fully saturated rings. The van der Waals surface area contributed by atoms with E-state index in [9.17, 15) is 4.79 Å². The summed E-state index contributed by atoms with van der Waals surface area (Å²) in [6.45, 7) is 1.89. The van der Waals surface area contributed by atoms with Gasteiger partial charge < -0.3 is 4.90 Å². The van der Waals surface area contributed by atoms with Gasteiger partial charge in [0.15, 0.2) is 0 Å². The van der Waals surface area contributed by atoms with E-state index in [2.05, 4.69) is 4.99 Å². The van der Waals surface area contributed by atoms with Gasteiger partial charge in [-0.2, -0.15) is 0 Å². The van der Waals surface area contributed by atoms with E-state index in [1.165, 1.54) is 18.6 Å². The monoisotopic (exact) mass is 180 g/mol. The number of rotatable bonds is 2. The van der Waals surface area contributed by atoms with Crippen molar-refractivity contribution >= 4 is 12.1 Å². The SMILES string of the molecule is O=CN1CCCCC1C1=NCCC1. The first kappa shape index (κ1) is 8.73. The Morgan fingerprint density at radius 3 is 3.00 bits per heavy atom. The van der Waals surface area contributed by atoms with Gasteiger partial charge in [0.05, 0.1) is 6.04 Å². The average Bonchev–Trinajstić information content (AvgIpc) is 2.70. The summed E-state index contributed by atoms with van der Waals surface area (Å²) in [6.07, 6.45) is 6.80. The van der Waals surface area contributed by atoms with Crippen LogP contribution in [0.3, 0.4) is 0 Å². The van der Waals surface area contributed by atoms with Crippen LogP contribution >= 0.6 is 0 Å². The van der Waals surface area contributed by atoms with Crippen molar-refractivity contribution in [3.05, 3.63) is 0 Å².